The maximum atomic E-state index is 5.26. The second-order valence-electron chi connectivity index (χ2n) is 19.5. The molecule has 0 fully saturated rings. The van der Waals surface area contributed by atoms with Crippen LogP contribution in [0.25, 0.3) is 134 Å². The average Bonchev–Trinajstić information content (AvgIpc) is 4.26. The maximum absolute atomic E-state index is 5.26. The van der Waals surface area contributed by atoms with Crippen molar-refractivity contribution in [3.63, 3.8) is 0 Å². The Bertz CT molecular complexity index is 4450. The summed E-state index contributed by atoms with van der Waals surface area (Å²) in [4.78, 5) is 15.6. The number of hydrogen-bond donors (Lipinski definition) is 0. The van der Waals surface area contributed by atoms with Crippen LogP contribution < -0.4 is 0 Å². The molecule has 75 heavy (non-hydrogen) atoms. The molecule has 0 aliphatic heterocycles. The van der Waals surface area contributed by atoms with Crippen molar-refractivity contribution in [2.24, 2.45) is 0 Å². The van der Waals surface area contributed by atoms with Gasteiger partial charge in [0, 0.05) is 38.4 Å². The summed E-state index contributed by atoms with van der Waals surface area (Å²) in [5.41, 5.74) is 22.3. The highest BCUT2D eigenvalue weighted by Crippen LogP contribution is 2.50. The molecular weight excluding hydrogens is 911 g/mol. The first kappa shape index (κ1) is 42.7. The van der Waals surface area contributed by atoms with E-state index in [0.717, 1.165) is 56.1 Å². The zero-order valence-corrected chi connectivity index (χ0v) is 40.8. The van der Waals surface area contributed by atoms with Crippen LogP contribution in [0.2, 0.25) is 0 Å². The minimum absolute atomic E-state index is 0.572. The molecule has 0 saturated heterocycles. The summed E-state index contributed by atoms with van der Waals surface area (Å²) in [6.07, 6.45) is 0.828. The van der Waals surface area contributed by atoms with Crippen molar-refractivity contribution in [3.8, 4) is 90.0 Å². The van der Waals surface area contributed by atoms with Crippen molar-refractivity contribution in [2.75, 3.05) is 0 Å². The molecular formula is C70H45N5. The zero-order chi connectivity index (χ0) is 49.4. The van der Waals surface area contributed by atoms with Gasteiger partial charge in [-0.3, -0.25) is 4.57 Å². The molecule has 0 spiro atoms. The largest absolute Gasteiger partial charge is 0.309 e. The number of nitrogens with zero attached hydrogens (tertiary/aromatic N) is 5. The van der Waals surface area contributed by atoms with Crippen LogP contribution in [0.3, 0.4) is 0 Å². The monoisotopic (exact) mass is 955 g/mol. The van der Waals surface area contributed by atoms with E-state index in [0.29, 0.717) is 17.6 Å². The van der Waals surface area contributed by atoms with E-state index >= 15 is 0 Å². The summed E-state index contributed by atoms with van der Waals surface area (Å²) in [6, 6.07) is 93.9. The molecule has 0 N–H and O–H groups in total. The standard InChI is InChI=1S/C70H45N5/c1-6-20-45(21-7-1)46-34-36-47(37-35-46)52-40-56(48-22-8-2-9-23-48)60-44-61-57(49-24-10-3-11-25-49)42-53(43-59(61)58(60)41-52)74-62-32-18-16-30-54(62)66-64(74)38-39-65-67(66)55-31-17-19-33-63(55)75(65)70-72-68(50-26-12-4-13-27-50)71-69(73-70)51-28-14-5-15-29-51/h1-43H,44H2. The van der Waals surface area contributed by atoms with Gasteiger partial charge in [-0.05, 0) is 122 Å². The van der Waals surface area contributed by atoms with Crippen LogP contribution in [0, 0.1) is 0 Å². The predicted molar refractivity (Wildman–Crippen MR) is 309 cm³/mol. The third-order valence-electron chi connectivity index (χ3n) is 15.2. The number of para-hydroxylation sites is 2. The lowest BCUT2D eigenvalue weighted by molar-refractivity contribution is 0.953. The SMILES string of the molecule is c1ccc(-c2ccc(-c3cc(-c4ccccc4)c4c(c3)-c3cc(-n5c6ccccc6c6c7c8ccccc8n(-c8nc(-c9ccccc9)nc(-c9ccccc9)n8)c7ccc65)cc(-c5ccccc5)c3C4)cc2)cc1. The third-order valence-corrected chi connectivity index (χ3v) is 15.2. The van der Waals surface area contributed by atoms with E-state index in [2.05, 4.69) is 234 Å². The number of fused-ring (bicyclic) bond motifs is 10. The fraction of sp³-hybridized carbons (Fsp3) is 0.0143. The highest BCUT2D eigenvalue weighted by Gasteiger charge is 2.29. The molecule has 0 bridgehead atoms. The van der Waals surface area contributed by atoms with E-state index in [-0.39, 0.29) is 0 Å². The highest BCUT2D eigenvalue weighted by molar-refractivity contribution is 6.29. The molecule has 5 nitrogen and oxygen atoms in total. The summed E-state index contributed by atoms with van der Waals surface area (Å²) < 4.78 is 4.73. The molecule has 1 aliphatic carbocycles. The molecule has 14 aromatic rings. The summed E-state index contributed by atoms with van der Waals surface area (Å²) in [6.45, 7) is 0. The summed E-state index contributed by atoms with van der Waals surface area (Å²) >= 11 is 0. The van der Waals surface area contributed by atoms with Crippen LogP contribution in [-0.2, 0) is 6.42 Å². The van der Waals surface area contributed by atoms with Crippen LogP contribution in [-0.4, -0.2) is 24.1 Å². The Morgan fingerprint density at radius 2 is 0.640 bits per heavy atom. The molecule has 1 aliphatic rings. The van der Waals surface area contributed by atoms with Gasteiger partial charge in [0.05, 0.1) is 22.1 Å². The van der Waals surface area contributed by atoms with Gasteiger partial charge in [0.15, 0.2) is 11.6 Å². The molecule has 0 radical (unpaired) electrons. The van der Waals surface area contributed by atoms with Crippen molar-refractivity contribution in [1.82, 2.24) is 24.1 Å². The van der Waals surface area contributed by atoms with Gasteiger partial charge in [0.2, 0.25) is 5.95 Å². The van der Waals surface area contributed by atoms with E-state index in [1.807, 2.05) is 36.4 Å². The van der Waals surface area contributed by atoms with E-state index in [1.54, 1.807) is 0 Å². The van der Waals surface area contributed by atoms with Gasteiger partial charge in [-0.1, -0.05) is 212 Å². The Hall–Kier alpha value is -9.97. The minimum atomic E-state index is 0.572. The fourth-order valence-corrected chi connectivity index (χ4v) is 11.8. The van der Waals surface area contributed by atoms with Crippen LogP contribution in [0.4, 0.5) is 0 Å². The smallest absolute Gasteiger partial charge is 0.238 e. The van der Waals surface area contributed by atoms with Crippen LogP contribution >= 0.6 is 0 Å². The summed E-state index contributed by atoms with van der Waals surface area (Å²) in [7, 11) is 0. The Morgan fingerprint density at radius 1 is 0.267 bits per heavy atom. The highest BCUT2D eigenvalue weighted by atomic mass is 15.2. The van der Waals surface area contributed by atoms with Crippen LogP contribution in [0.5, 0.6) is 0 Å². The summed E-state index contributed by atoms with van der Waals surface area (Å²) in [5.74, 6) is 1.82. The molecule has 0 atom stereocenters. The van der Waals surface area contributed by atoms with E-state index in [9.17, 15) is 0 Å². The van der Waals surface area contributed by atoms with Crippen molar-refractivity contribution in [2.45, 2.75) is 6.42 Å². The van der Waals surface area contributed by atoms with Gasteiger partial charge < -0.3 is 4.57 Å². The molecule has 5 heteroatoms. The minimum Gasteiger partial charge on any atom is -0.309 e. The first-order chi connectivity index (χ1) is 37.2. The lowest BCUT2D eigenvalue weighted by Crippen LogP contribution is -2.06. The lowest BCUT2D eigenvalue weighted by atomic mass is 9.90. The Labute approximate surface area is 434 Å². The molecule has 3 heterocycles. The average molecular weight is 956 g/mol. The number of hydrogen-bond acceptors (Lipinski definition) is 3. The Morgan fingerprint density at radius 3 is 1.17 bits per heavy atom. The van der Waals surface area contributed by atoms with Gasteiger partial charge in [-0.15, -0.1) is 0 Å². The Kier molecular flexibility index (Phi) is 9.88. The number of aromatic nitrogens is 5. The van der Waals surface area contributed by atoms with Crippen LogP contribution in [0.1, 0.15) is 11.1 Å². The van der Waals surface area contributed by atoms with Gasteiger partial charge in [0.25, 0.3) is 0 Å². The van der Waals surface area contributed by atoms with Gasteiger partial charge >= 0.3 is 0 Å². The molecule has 350 valence electrons. The Balaban J connectivity index is 0.972. The van der Waals surface area contributed by atoms with Gasteiger partial charge in [-0.2, -0.15) is 9.97 Å². The number of benzene rings is 11. The zero-order valence-electron chi connectivity index (χ0n) is 40.8. The molecule has 11 aromatic carbocycles. The lowest BCUT2D eigenvalue weighted by Gasteiger charge is -2.16. The molecule has 0 unspecified atom stereocenters. The predicted octanol–water partition coefficient (Wildman–Crippen LogP) is 17.6. The first-order valence-corrected chi connectivity index (χ1v) is 25.6. The maximum Gasteiger partial charge on any atom is 0.238 e. The summed E-state index contributed by atoms with van der Waals surface area (Å²) in [5, 5.41) is 4.66. The van der Waals surface area contributed by atoms with Crippen molar-refractivity contribution in [3.05, 3.63) is 272 Å². The van der Waals surface area contributed by atoms with E-state index in [4.69, 9.17) is 15.0 Å². The second-order valence-corrected chi connectivity index (χ2v) is 19.5. The molecule has 15 rings (SSSR count). The van der Waals surface area contributed by atoms with Crippen molar-refractivity contribution in [1.29, 1.82) is 0 Å². The van der Waals surface area contributed by atoms with Gasteiger partial charge in [-0.25, -0.2) is 4.98 Å². The molecule has 0 saturated carbocycles. The first-order valence-electron chi connectivity index (χ1n) is 25.6. The molecule has 3 aromatic heterocycles. The van der Waals surface area contributed by atoms with Crippen LogP contribution in [0.15, 0.2) is 261 Å². The normalized spacial score (nSPS) is 11.9. The molecule has 0 amide bonds. The van der Waals surface area contributed by atoms with Crippen molar-refractivity contribution >= 4 is 43.6 Å². The fourth-order valence-electron chi connectivity index (χ4n) is 11.8. The third kappa shape index (κ3) is 7.04. The topological polar surface area (TPSA) is 48.5 Å². The van der Waals surface area contributed by atoms with Gasteiger partial charge in [0.1, 0.15) is 0 Å². The van der Waals surface area contributed by atoms with E-state index in [1.165, 1.54) is 77.5 Å². The quantitative estimate of drug-likeness (QED) is 0.152. The van der Waals surface area contributed by atoms with E-state index < -0.39 is 0 Å². The second kappa shape index (κ2) is 17.4. The number of rotatable bonds is 8. The van der Waals surface area contributed by atoms with Crippen molar-refractivity contribution < 1.29 is 0 Å².